The standard InChI is InChI=1S/C9H14OS/c1-3-5-8-6-7-9(10-8)11-4-2/h6-7H,3-5H2,1-2H3. The number of rotatable bonds is 4. The zero-order valence-electron chi connectivity index (χ0n) is 7.09. The van der Waals surface area contributed by atoms with Gasteiger partial charge in [-0.05, 0) is 24.3 Å². The van der Waals surface area contributed by atoms with Crippen molar-refractivity contribution in [3.8, 4) is 0 Å². The Bertz CT molecular complexity index is 185. The smallest absolute Gasteiger partial charge is 0.160 e. The summed E-state index contributed by atoms with van der Waals surface area (Å²) in [7, 11) is 0. The Hall–Kier alpha value is -0.370. The van der Waals surface area contributed by atoms with Crippen LogP contribution in [0.3, 0.4) is 0 Å². The van der Waals surface area contributed by atoms with Gasteiger partial charge in [-0.2, -0.15) is 0 Å². The van der Waals surface area contributed by atoms with Gasteiger partial charge >= 0.3 is 0 Å². The van der Waals surface area contributed by atoms with Gasteiger partial charge in [-0.15, -0.1) is 0 Å². The molecule has 62 valence electrons. The molecule has 2 heteroatoms. The lowest BCUT2D eigenvalue weighted by molar-refractivity contribution is 0.430. The quantitative estimate of drug-likeness (QED) is 0.643. The zero-order valence-corrected chi connectivity index (χ0v) is 7.91. The van der Waals surface area contributed by atoms with E-state index < -0.39 is 0 Å². The van der Waals surface area contributed by atoms with Crippen LogP contribution in [0, 0.1) is 0 Å². The van der Waals surface area contributed by atoms with Gasteiger partial charge in [-0.3, -0.25) is 0 Å². The Balaban J connectivity index is 2.51. The Labute approximate surface area is 72.2 Å². The third-order valence-corrected chi connectivity index (χ3v) is 2.21. The molecule has 0 spiro atoms. The molecule has 0 saturated heterocycles. The van der Waals surface area contributed by atoms with Crippen molar-refractivity contribution in [3.05, 3.63) is 17.9 Å². The predicted molar refractivity (Wildman–Crippen MR) is 49.1 cm³/mol. The first-order valence-electron chi connectivity index (χ1n) is 4.08. The predicted octanol–water partition coefficient (Wildman–Crippen LogP) is 3.34. The molecule has 1 aromatic rings. The molecule has 0 atom stereocenters. The van der Waals surface area contributed by atoms with Crippen LogP contribution in [0.4, 0.5) is 0 Å². The normalized spacial score (nSPS) is 10.4. The Morgan fingerprint density at radius 3 is 2.82 bits per heavy atom. The topological polar surface area (TPSA) is 13.1 Å². The average molecular weight is 170 g/mol. The summed E-state index contributed by atoms with van der Waals surface area (Å²) in [5, 5.41) is 1.05. The van der Waals surface area contributed by atoms with E-state index >= 15 is 0 Å². The van der Waals surface area contributed by atoms with Crippen LogP contribution in [-0.2, 0) is 6.42 Å². The van der Waals surface area contributed by atoms with Crippen LogP contribution in [0.2, 0.25) is 0 Å². The fourth-order valence-corrected chi connectivity index (χ4v) is 1.57. The highest BCUT2D eigenvalue weighted by Crippen LogP contribution is 2.20. The van der Waals surface area contributed by atoms with Crippen molar-refractivity contribution in [3.63, 3.8) is 0 Å². The van der Waals surface area contributed by atoms with Gasteiger partial charge in [-0.1, -0.05) is 25.6 Å². The van der Waals surface area contributed by atoms with Gasteiger partial charge in [0.25, 0.3) is 0 Å². The molecule has 0 radical (unpaired) electrons. The summed E-state index contributed by atoms with van der Waals surface area (Å²) < 4.78 is 5.53. The van der Waals surface area contributed by atoms with E-state index in [0.717, 1.165) is 29.4 Å². The molecule has 0 unspecified atom stereocenters. The van der Waals surface area contributed by atoms with Crippen LogP contribution >= 0.6 is 11.8 Å². The summed E-state index contributed by atoms with van der Waals surface area (Å²) in [5.41, 5.74) is 0. The van der Waals surface area contributed by atoms with E-state index in [-0.39, 0.29) is 0 Å². The van der Waals surface area contributed by atoms with Crippen LogP contribution in [0.5, 0.6) is 0 Å². The summed E-state index contributed by atoms with van der Waals surface area (Å²) in [5.74, 6) is 2.20. The molecule has 11 heavy (non-hydrogen) atoms. The highest BCUT2D eigenvalue weighted by molar-refractivity contribution is 7.99. The summed E-state index contributed by atoms with van der Waals surface area (Å²) in [6.45, 7) is 4.29. The van der Waals surface area contributed by atoms with Gasteiger partial charge in [-0.25, -0.2) is 0 Å². The molecule has 0 aromatic carbocycles. The Morgan fingerprint density at radius 1 is 1.36 bits per heavy atom. The highest BCUT2D eigenvalue weighted by Gasteiger charge is 1.99. The molecule has 0 amide bonds. The minimum absolute atomic E-state index is 1.05. The molecular formula is C9H14OS. The minimum Gasteiger partial charge on any atom is -0.455 e. The average Bonchev–Trinajstić information content (AvgIpc) is 2.38. The number of hydrogen-bond donors (Lipinski definition) is 0. The fourth-order valence-electron chi connectivity index (χ4n) is 0.959. The lowest BCUT2D eigenvalue weighted by Crippen LogP contribution is -1.75. The molecule has 0 fully saturated rings. The molecule has 1 nitrogen and oxygen atoms in total. The van der Waals surface area contributed by atoms with E-state index in [2.05, 4.69) is 26.0 Å². The van der Waals surface area contributed by atoms with Crippen molar-refractivity contribution >= 4 is 11.8 Å². The van der Waals surface area contributed by atoms with Crippen LogP contribution in [0.15, 0.2) is 21.6 Å². The van der Waals surface area contributed by atoms with E-state index in [1.165, 1.54) is 0 Å². The molecule has 0 aliphatic rings. The highest BCUT2D eigenvalue weighted by atomic mass is 32.2. The van der Waals surface area contributed by atoms with Crippen LogP contribution < -0.4 is 0 Å². The first kappa shape index (κ1) is 8.72. The minimum atomic E-state index is 1.05. The Kier molecular flexibility index (Phi) is 3.57. The van der Waals surface area contributed by atoms with E-state index in [1.807, 2.05) is 0 Å². The molecule has 0 aliphatic carbocycles. The van der Waals surface area contributed by atoms with Gasteiger partial charge in [0.05, 0.1) is 0 Å². The fraction of sp³-hybridized carbons (Fsp3) is 0.556. The second kappa shape index (κ2) is 4.50. The van der Waals surface area contributed by atoms with E-state index in [9.17, 15) is 0 Å². The number of aryl methyl sites for hydroxylation is 1. The van der Waals surface area contributed by atoms with Crippen molar-refractivity contribution in [2.24, 2.45) is 0 Å². The Morgan fingerprint density at radius 2 is 2.18 bits per heavy atom. The van der Waals surface area contributed by atoms with Crippen molar-refractivity contribution in [2.45, 2.75) is 31.8 Å². The second-order valence-corrected chi connectivity index (χ2v) is 3.67. The van der Waals surface area contributed by atoms with Crippen LogP contribution in [-0.4, -0.2) is 5.75 Å². The van der Waals surface area contributed by atoms with Crippen molar-refractivity contribution < 1.29 is 4.42 Å². The maximum Gasteiger partial charge on any atom is 0.160 e. The van der Waals surface area contributed by atoms with Gasteiger partial charge < -0.3 is 4.42 Å². The van der Waals surface area contributed by atoms with E-state index in [1.54, 1.807) is 11.8 Å². The third-order valence-electron chi connectivity index (χ3n) is 1.42. The molecule has 0 N–H and O–H groups in total. The first-order chi connectivity index (χ1) is 5.36. The maximum atomic E-state index is 5.53. The summed E-state index contributed by atoms with van der Waals surface area (Å²) in [6.07, 6.45) is 2.22. The first-order valence-corrected chi connectivity index (χ1v) is 5.07. The molecular weight excluding hydrogens is 156 g/mol. The summed E-state index contributed by atoms with van der Waals surface area (Å²) in [6, 6.07) is 4.13. The van der Waals surface area contributed by atoms with Crippen molar-refractivity contribution in [1.82, 2.24) is 0 Å². The second-order valence-electron chi connectivity index (χ2n) is 2.40. The lowest BCUT2D eigenvalue weighted by Gasteiger charge is -1.91. The largest absolute Gasteiger partial charge is 0.455 e. The maximum absolute atomic E-state index is 5.53. The van der Waals surface area contributed by atoms with Crippen LogP contribution in [0.1, 0.15) is 26.0 Å². The van der Waals surface area contributed by atoms with Gasteiger partial charge in [0.15, 0.2) is 5.09 Å². The van der Waals surface area contributed by atoms with Gasteiger partial charge in [0.1, 0.15) is 5.76 Å². The monoisotopic (exact) mass is 170 g/mol. The van der Waals surface area contributed by atoms with E-state index in [0.29, 0.717) is 0 Å². The third kappa shape index (κ3) is 2.62. The molecule has 0 bridgehead atoms. The molecule has 1 aromatic heterocycles. The summed E-state index contributed by atoms with van der Waals surface area (Å²) >= 11 is 1.76. The lowest BCUT2D eigenvalue weighted by atomic mass is 10.3. The molecule has 1 rings (SSSR count). The van der Waals surface area contributed by atoms with Crippen molar-refractivity contribution in [1.29, 1.82) is 0 Å². The zero-order chi connectivity index (χ0) is 8.10. The number of furan rings is 1. The van der Waals surface area contributed by atoms with Gasteiger partial charge in [0.2, 0.25) is 0 Å². The molecule has 1 heterocycles. The summed E-state index contributed by atoms with van der Waals surface area (Å²) in [4.78, 5) is 0. The van der Waals surface area contributed by atoms with Gasteiger partial charge in [0, 0.05) is 6.42 Å². The molecule has 0 aliphatic heterocycles. The SMILES string of the molecule is CCCc1ccc(SCC)o1. The van der Waals surface area contributed by atoms with Crippen molar-refractivity contribution in [2.75, 3.05) is 5.75 Å². The van der Waals surface area contributed by atoms with E-state index in [4.69, 9.17) is 4.42 Å². The number of hydrogen-bond acceptors (Lipinski definition) is 2. The number of thioether (sulfide) groups is 1. The van der Waals surface area contributed by atoms with Crippen LogP contribution in [0.25, 0.3) is 0 Å². The molecule has 0 saturated carbocycles.